The number of carbonyl (C=O) groups is 1. The molecule has 1 aromatic heterocycles. The highest BCUT2D eigenvalue weighted by atomic mass is 32.2. The molecule has 0 aliphatic heterocycles. The number of benzene rings is 3. The minimum Gasteiger partial charge on any atom is -0.344 e. The van der Waals surface area contributed by atoms with Crippen LogP contribution in [0.5, 0.6) is 0 Å². The van der Waals surface area contributed by atoms with Crippen molar-refractivity contribution in [2.45, 2.75) is 36.5 Å². The lowest BCUT2D eigenvalue weighted by molar-refractivity contribution is -0.119. The van der Waals surface area contributed by atoms with Gasteiger partial charge < -0.3 is 9.88 Å². The maximum atomic E-state index is 13.0. The highest BCUT2D eigenvalue weighted by Crippen LogP contribution is 2.40. The zero-order valence-electron chi connectivity index (χ0n) is 18.3. The smallest absolute Gasteiger partial charge is 0.231 e. The zero-order chi connectivity index (χ0) is 22.5. The first kappa shape index (κ1) is 21.5. The number of rotatable bonds is 9. The molecule has 1 aliphatic rings. The van der Waals surface area contributed by atoms with Crippen molar-refractivity contribution in [2.24, 2.45) is 0 Å². The number of nitrogens with zero attached hydrogens (tertiary/aromatic N) is 3. The van der Waals surface area contributed by atoms with Gasteiger partial charge in [0.25, 0.3) is 0 Å². The average molecular weight is 455 g/mol. The van der Waals surface area contributed by atoms with E-state index in [4.69, 9.17) is 0 Å². The van der Waals surface area contributed by atoms with Gasteiger partial charge in [-0.1, -0.05) is 103 Å². The zero-order valence-corrected chi connectivity index (χ0v) is 19.1. The Morgan fingerprint density at radius 2 is 1.45 bits per heavy atom. The molecule has 1 N–H and O–H groups in total. The van der Waals surface area contributed by atoms with E-state index in [9.17, 15) is 4.79 Å². The van der Waals surface area contributed by atoms with E-state index in [0.29, 0.717) is 5.92 Å². The summed E-state index contributed by atoms with van der Waals surface area (Å²) in [7, 11) is 0. The maximum absolute atomic E-state index is 13.0. The molecular formula is C27H26N4OS. The van der Waals surface area contributed by atoms with Gasteiger partial charge in [0.15, 0.2) is 5.16 Å². The van der Waals surface area contributed by atoms with Crippen molar-refractivity contribution in [2.75, 3.05) is 5.75 Å². The van der Waals surface area contributed by atoms with E-state index in [-0.39, 0.29) is 17.7 Å². The van der Waals surface area contributed by atoms with E-state index in [1.807, 2.05) is 78.9 Å². The van der Waals surface area contributed by atoms with Crippen LogP contribution >= 0.6 is 11.8 Å². The quantitative estimate of drug-likeness (QED) is 0.353. The monoisotopic (exact) mass is 454 g/mol. The second-order valence-corrected chi connectivity index (χ2v) is 9.24. The molecule has 0 spiro atoms. The van der Waals surface area contributed by atoms with E-state index >= 15 is 0 Å². The molecule has 1 saturated carbocycles. The van der Waals surface area contributed by atoms with Gasteiger partial charge in [-0.15, -0.1) is 10.2 Å². The van der Waals surface area contributed by atoms with Crippen LogP contribution in [0.25, 0.3) is 0 Å². The predicted molar refractivity (Wildman–Crippen MR) is 131 cm³/mol. The van der Waals surface area contributed by atoms with Crippen molar-refractivity contribution in [3.63, 3.8) is 0 Å². The molecule has 3 aromatic carbocycles. The molecule has 1 heterocycles. The van der Waals surface area contributed by atoms with Crippen molar-refractivity contribution in [3.05, 3.63) is 114 Å². The first-order valence-corrected chi connectivity index (χ1v) is 12.3. The first-order chi connectivity index (χ1) is 16.3. The summed E-state index contributed by atoms with van der Waals surface area (Å²) in [5.74, 6) is 1.78. The number of carbonyl (C=O) groups excluding carboxylic acids is 1. The molecule has 1 aliphatic carbocycles. The van der Waals surface area contributed by atoms with Gasteiger partial charge in [0.2, 0.25) is 5.91 Å². The van der Waals surface area contributed by atoms with Gasteiger partial charge >= 0.3 is 0 Å². The van der Waals surface area contributed by atoms with Gasteiger partial charge in [-0.2, -0.15) is 0 Å². The topological polar surface area (TPSA) is 59.8 Å². The minimum atomic E-state index is -0.190. The van der Waals surface area contributed by atoms with Crippen LogP contribution in [0.3, 0.4) is 0 Å². The Kier molecular flexibility index (Phi) is 6.53. The normalized spacial score (nSPS) is 13.2. The average Bonchev–Trinajstić information content (AvgIpc) is 3.64. The number of hydrogen-bond donors (Lipinski definition) is 1. The molecule has 1 fully saturated rings. The highest BCUT2D eigenvalue weighted by Gasteiger charge is 2.30. The van der Waals surface area contributed by atoms with Gasteiger partial charge in [-0.05, 0) is 29.5 Å². The Morgan fingerprint density at radius 1 is 0.879 bits per heavy atom. The fourth-order valence-electron chi connectivity index (χ4n) is 3.95. The van der Waals surface area contributed by atoms with Crippen LogP contribution in [0.4, 0.5) is 0 Å². The summed E-state index contributed by atoms with van der Waals surface area (Å²) in [6.07, 6.45) is 2.32. The van der Waals surface area contributed by atoms with Gasteiger partial charge in [-0.3, -0.25) is 4.79 Å². The molecule has 6 heteroatoms. The summed E-state index contributed by atoms with van der Waals surface area (Å²) in [4.78, 5) is 13.0. The molecule has 33 heavy (non-hydrogen) atoms. The summed E-state index contributed by atoms with van der Waals surface area (Å²) in [5, 5.41) is 12.9. The molecule has 5 nitrogen and oxygen atoms in total. The lowest BCUT2D eigenvalue weighted by Crippen LogP contribution is -2.30. The number of hydrogen-bond acceptors (Lipinski definition) is 4. The Balaban J connectivity index is 1.30. The van der Waals surface area contributed by atoms with Crippen LogP contribution < -0.4 is 5.32 Å². The van der Waals surface area contributed by atoms with Crippen LogP contribution in [-0.2, 0) is 11.3 Å². The number of amides is 1. The highest BCUT2D eigenvalue weighted by molar-refractivity contribution is 7.99. The molecular weight excluding hydrogens is 428 g/mol. The molecule has 0 atom stereocenters. The van der Waals surface area contributed by atoms with E-state index in [0.717, 1.165) is 41.5 Å². The number of aromatic nitrogens is 3. The predicted octanol–water partition coefficient (Wildman–Crippen LogP) is 5.20. The van der Waals surface area contributed by atoms with Crippen molar-refractivity contribution in [3.8, 4) is 0 Å². The lowest BCUT2D eigenvalue weighted by atomic mass is 9.99. The van der Waals surface area contributed by atoms with Crippen LogP contribution in [-0.4, -0.2) is 26.4 Å². The van der Waals surface area contributed by atoms with Crippen molar-refractivity contribution in [1.29, 1.82) is 0 Å². The van der Waals surface area contributed by atoms with Gasteiger partial charge in [0.05, 0.1) is 18.3 Å². The Hall–Kier alpha value is -3.38. The standard InChI is InChI=1S/C27H26N4OS/c32-24(28-25(21-12-6-2-7-13-21)22-14-8-3-9-15-22)19-33-27-30-29-26(23-16-17-23)31(27)18-20-10-4-1-5-11-20/h1-15,23,25H,16-19H2,(H,28,32). The van der Waals surface area contributed by atoms with E-state index < -0.39 is 0 Å². The van der Waals surface area contributed by atoms with Gasteiger partial charge in [-0.25, -0.2) is 0 Å². The second-order valence-electron chi connectivity index (χ2n) is 8.30. The molecule has 166 valence electrons. The van der Waals surface area contributed by atoms with Crippen molar-refractivity contribution < 1.29 is 4.79 Å². The van der Waals surface area contributed by atoms with E-state index in [1.54, 1.807) is 0 Å². The summed E-state index contributed by atoms with van der Waals surface area (Å²) in [5.41, 5.74) is 3.33. The van der Waals surface area contributed by atoms with Crippen LogP contribution in [0.15, 0.2) is 96.2 Å². The van der Waals surface area contributed by atoms with E-state index in [2.05, 4.69) is 32.2 Å². The molecule has 0 unspecified atom stereocenters. The molecule has 0 bridgehead atoms. The third kappa shape index (κ3) is 5.34. The first-order valence-electron chi connectivity index (χ1n) is 11.3. The summed E-state index contributed by atoms with van der Waals surface area (Å²) < 4.78 is 2.18. The third-order valence-corrected chi connectivity index (χ3v) is 6.74. The largest absolute Gasteiger partial charge is 0.344 e. The number of thioether (sulfide) groups is 1. The molecule has 1 amide bonds. The van der Waals surface area contributed by atoms with Crippen LogP contribution in [0.2, 0.25) is 0 Å². The Morgan fingerprint density at radius 3 is 2.03 bits per heavy atom. The third-order valence-electron chi connectivity index (χ3n) is 5.77. The SMILES string of the molecule is O=C(CSc1nnc(C2CC2)n1Cc1ccccc1)NC(c1ccccc1)c1ccccc1. The van der Waals surface area contributed by atoms with Crippen molar-refractivity contribution >= 4 is 17.7 Å². The molecule has 5 rings (SSSR count). The summed E-state index contributed by atoms with van der Waals surface area (Å²) in [6.45, 7) is 0.723. The molecule has 0 radical (unpaired) electrons. The van der Waals surface area contributed by atoms with Crippen LogP contribution in [0.1, 0.15) is 47.3 Å². The van der Waals surface area contributed by atoms with Crippen molar-refractivity contribution in [1.82, 2.24) is 20.1 Å². The Bertz CT molecular complexity index is 1150. The number of nitrogens with one attached hydrogen (secondary N) is 1. The molecule has 4 aromatic rings. The minimum absolute atomic E-state index is 0.0278. The summed E-state index contributed by atoms with van der Waals surface area (Å²) >= 11 is 1.45. The fraction of sp³-hybridized carbons (Fsp3) is 0.222. The van der Waals surface area contributed by atoms with Crippen LogP contribution in [0, 0.1) is 0 Å². The summed E-state index contributed by atoms with van der Waals surface area (Å²) in [6, 6.07) is 30.3. The van der Waals surface area contributed by atoms with E-state index in [1.165, 1.54) is 17.3 Å². The van der Waals surface area contributed by atoms with Gasteiger partial charge in [0, 0.05) is 5.92 Å². The molecule has 0 saturated heterocycles. The second kappa shape index (κ2) is 10.0. The fourth-order valence-corrected chi connectivity index (χ4v) is 4.70. The maximum Gasteiger partial charge on any atom is 0.231 e. The van der Waals surface area contributed by atoms with Gasteiger partial charge in [0.1, 0.15) is 5.82 Å². The lowest BCUT2D eigenvalue weighted by Gasteiger charge is -2.20. The Labute approximate surface area is 198 Å².